The van der Waals surface area contributed by atoms with Gasteiger partial charge in [0.15, 0.2) is 5.96 Å². The standard InChI is InChI=1S/C23H29N5O2/c1-2-24-23(26-15-14-25-22(30)19-7-4-3-5-8-19)27-17-18-10-12-20(13-11-18)28-16-6-9-21(28)29/h3-5,7-8,10-13H,2,6,9,14-17H2,1H3,(H,25,30)(H2,24,26,27). The smallest absolute Gasteiger partial charge is 0.251 e. The SMILES string of the molecule is CCNC(=NCc1ccc(N2CCCC2=O)cc1)NCCNC(=O)c1ccccc1. The van der Waals surface area contributed by atoms with E-state index >= 15 is 0 Å². The fourth-order valence-electron chi connectivity index (χ4n) is 3.26. The minimum atomic E-state index is -0.0871. The van der Waals surface area contributed by atoms with Gasteiger partial charge in [0.2, 0.25) is 5.91 Å². The van der Waals surface area contributed by atoms with E-state index in [0.717, 1.165) is 30.8 Å². The quantitative estimate of drug-likeness (QED) is 0.356. The molecule has 7 nitrogen and oxygen atoms in total. The van der Waals surface area contributed by atoms with Crippen LogP contribution in [0.2, 0.25) is 0 Å². The Morgan fingerprint density at radius 1 is 1.00 bits per heavy atom. The van der Waals surface area contributed by atoms with E-state index in [1.54, 1.807) is 12.1 Å². The lowest BCUT2D eigenvalue weighted by atomic mass is 10.2. The second-order valence-corrected chi connectivity index (χ2v) is 7.06. The number of anilines is 1. The first kappa shape index (κ1) is 21.4. The fourth-order valence-corrected chi connectivity index (χ4v) is 3.26. The Balaban J connectivity index is 1.47. The van der Waals surface area contributed by atoms with Crippen molar-refractivity contribution < 1.29 is 9.59 Å². The lowest BCUT2D eigenvalue weighted by Gasteiger charge is -2.16. The second-order valence-electron chi connectivity index (χ2n) is 7.06. The van der Waals surface area contributed by atoms with Crippen LogP contribution in [0.4, 0.5) is 5.69 Å². The predicted molar refractivity (Wildman–Crippen MR) is 120 cm³/mol. The van der Waals surface area contributed by atoms with Gasteiger partial charge in [-0.25, -0.2) is 4.99 Å². The first-order valence-electron chi connectivity index (χ1n) is 10.4. The van der Waals surface area contributed by atoms with Gasteiger partial charge in [0.1, 0.15) is 0 Å². The van der Waals surface area contributed by atoms with Crippen molar-refractivity contribution in [3.05, 3.63) is 65.7 Å². The first-order chi connectivity index (χ1) is 14.7. The predicted octanol–water partition coefficient (Wildman–Crippen LogP) is 2.30. The topological polar surface area (TPSA) is 85.8 Å². The van der Waals surface area contributed by atoms with Gasteiger partial charge >= 0.3 is 0 Å². The number of amides is 2. The Hall–Kier alpha value is -3.35. The monoisotopic (exact) mass is 407 g/mol. The molecule has 0 radical (unpaired) electrons. The van der Waals surface area contributed by atoms with Gasteiger partial charge in [-0.15, -0.1) is 0 Å². The molecule has 0 saturated carbocycles. The molecule has 0 bridgehead atoms. The molecule has 30 heavy (non-hydrogen) atoms. The average molecular weight is 408 g/mol. The zero-order valence-electron chi connectivity index (χ0n) is 17.4. The molecule has 1 fully saturated rings. The molecular weight excluding hydrogens is 378 g/mol. The van der Waals surface area contributed by atoms with Crippen molar-refractivity contribution in [2.24, 2.45) is 4.99 Å². The zero-order chi connectivity index (χ0) is 21.2. The lowest BCUT2D eigenvalue weighted by Crippen LogP contribution is -2.41. The summed E-state index contributed by atoms with van der Waals surface area (Å²) in [6.07, 6.45) is 1.56. The molecule has 7 heteroatoms. The van der Waals surface area contributed by atoms with Crippen LogP contribution in [0.5, 0.6) is 0 Å². The molecule has 0 atom stereocenters. The number of aliphatic imine (C=N–C) groups is 1. The number of rotatable bonds is 8. The van der Waals surface area contributed by atoms with Gasteiger partial charge in [-0.05, 0) is 43.2 Å². The van der Waals surface area contributed by atoms with E-state index in [1.807, 2.05) is 54.3 Å². The Morgan fingerprint density at radius 3 is 2.40 bits per heavy atom. The molecule has 1 heterocycles. The molecule has 0 unspecified atom stereocenters. The van der Waals surface area contributed by atoms with Crippen LogP contribution < -0.4 is 20.9 Å². The molecule has 0 aromatic heterocycles. The summed E-state index contributed by atoms with van der Waals surface area (Å²) in [5, 5.41) is 9.33. The van der Waals surface area contributed by atoms with E-state index in [1.165, 1.54) is 0 Å². The number of nitrogens with zero attached hydrogens (tertiary/aromatic N) is 2. The maximum atomic E-state index is 12.1. The number of hydrogen-bond donors (Lipinski definition) is 3. The third-order valence-corrected chi connectivity index (χ3v) is 4.82. The molecule has 158 valence electrons. The Morgan fingerprint density at radius 2 is 1.73 bits per heavy atom. The van der Waals surface area contributed by atoms with Crippen LogP contribution in [0.1, 0.15) is 35.7 Å². The van der Waals surface area contributed by atoms with Crippen LogP contribution in [-0.4, -0.2) is 44.0 Å². The number of nitrogens with one attached hydrogen (secondary N) is 3. The summed E-state index contributed by atoms with van der Waals surface area (Å²) in [6, 6.07) is 17.1. The van der Waals surface area contributed by atoms with Crippen LogP contribution >= 0.6 is 0 Å². The first-order valence-corrected chi connectivity index (χ1v) is 10.4. The molecule has 2 amide bonds. The fraction of sp³-hybridized carbons (Fsp3) is 0.348. The molecule has 1 saturated heterocycles. The van der Waals surface area contributed by atoms with Crippen molar-refractivity contribution in [3.8, 4) is 0 Å². The molecule has 0 spiro atoms. The Labute approximate surface area is 177 Å². The van der Waals surface area contributed by atoms with Crippen LogP contribution in [0.3, 0.4) is 0 Å². The summed E-state index contributed by atoms with van der Waals surface area (Å²) >= 11 is 0. The van der Waals surface area contributed by atoms with Crippen molar-refractivity contribution in [1.29, 1.82) is 0 Å². The summed E-state index contributed by atoms with van der Waals surface area (Å²) in [5.74, 6) is 0.805. The molecule has 1 aliphatic heterocycles. The van der Waals surface area contributed by atoms with Crippen molar-refractivity contribution in [1.82, 2.24) is 16.0 Å². The Kier molecular flexibility index (Phi) is 7.83. The highest BCUT2D eigenvalue weighted by molar-refractivity contribution is 5.95. The highest BCUT2D eigenvalue weighted by Crippen LogP contribution is 2.21. The summed E-state index contributed by atoms with van der Waals surface area (Å²) in [6.45, 7) is 5.15. The normalized spacial score (nSPS) is 14.0. The molecular formula is C23H29N5O2. The Bertz CT molecular complexity index is 865. The minimum Gasteiger partial charge on any atom is -0.357 e. The van der Waals surface area contributed by atoms with E-state index in [2.05, 4.69) is 20.9 Å². The number of hydrogen-bond acceptors (Lipinski definition) is 3. The van der Waals surface area contributed by atoms with Crippen LogP contribution in [0.15, 0.2) is 59.6 Å². The number of carbonyl (C=O) groups excluding carboxylic acids is 2. The molecule has 2 aromatic carbocycles. The van der Waals surface area contributed by atoms with E-state index < -0.39 is 0 Å². The maximum Gasteiger partial charge on any atom is 0.251 e. The second kappa shape index (κ2) is 11.0. The van der Waals surface area contributed by atoms with E-state index in [4.69, 9.17) is 0 Å². The van der Waals surface area contributed by atoms with Crippen LogP contribution in [0, 0.1) is 0 Å². The summed E-state index contributed by atoms with van der Waals surface area (Å²) in [7, 11) is 0. The summed E-state index contributed by atoms with van der Waals surface area (Å²) in [4.78, 5) is 30.4. The number of carbonyl (C=O) groups is 2. The largest absolute Gasteiger partial charge is 0.357 e. The van der Waals surface area contributed by atoms with Gasteiger partial charge in [-0.1, -0.05) is 30.3 Å². The van der Waals surface area contributed by atoms with Crippen molar-refractivity contribution >= 4 is 23.5 Å². The van der Waals surface area contributed by atoms with Gasteiger partial charge in [-0.3, -0.25) is 9.59 Å². The molecule has 0 aliphatic carbocycles. The van der Waals surface area contributed by atoms with Gasteiger partial charge < -0.3 is 20.9 Å². The summed E-state index contributed by atoms with van der Waals surface area (Å²) < 4.78 is 0. The molecule has 1 aliphatic rings. The van der Waals surface area contributed by atoms with Gasteiger partial charge in [0, 0.05) is 43.9 Å². The third-order valence-electron chi connectivity index (χ3n) is 4.82. The highest BCUT2D eigenvalue weighted by atomic mass is 16.2. The average Bonchev–Trinajstić information content (AvgIpc) is 3.21. The van der Waals surface area contributed by atoms with E-state index in [0.29, 0.717) is 37.6 Å². The van der Waals surface area contributed by atoms with Gasteiger partial charge in [0.05, 0.1) is 6.54 Å². The maximum absolute atomic E-state index is 12.1. The molecule has 3 N–H and O–H groups in total. The van der Waals surface area contributed by atoms with E-state index in [9.17, 15) is 9.59 Å². The van der Waals surface area contributed by atoms with Crippen LogP contribution in [-0.2, 0) is 11.3 Å². The lowest BCUT2D eigenvalue weighted by molar-refractivity contribution is -0.117. The minimum absolute atomic E-state index is 0.0871. The molecule has 3 rings (SSSR count). The molecule has 2 aromatic rings. The zero-order valence-corrected chi connectivity index (χ0v) is 17.4. The number of benzene rings is 2. The van der Waals surface area contributed by atoms with Gasteiger partial charge in [0.25, 0.3) is 5.91 Å². The van der Waals surface area contributed by atoms with Crippen molar-refractivity contribution in [3.63, 3.8) is 0 Å². The number of guanidine groups is 1. The highest BCUT2D eigenvalue weighted by Gasteiger charge is 2.21. The van der Waals surface area contributed by atoms with Crippen molar-refractivity contribution in [2.45, 2.75) is 26.3 Å². The van der Waals surface area contributed by atoms with Crippen molar-refractivity contribution in [2.75, 3.05) is 31.1 Å². The van der Waals surface area contributed by atoms with Gasteiger partial charge in [-0.2, -0.15) is 0 Å². The van der Waals surface area contributed by atoms with Crippen LogP contribution in [0.25, 0.3) is 0 Å². The van der Waals surface area contributed by atoms with E-state index in [-0.39, 0.29) is 11.8 Å². The third kappa shape index (κ3) is 6.07. The summed E-state index contributed by atoms with van der Waals surface area (Å²) in [5.41, 5.74) is 2.67.